The smallest absolute Gasteiger partial charge is 0.0503 e. The van der Waals surface area contributed by atoms with Crippen LogP contribution in [0.25, 0.3) is 43.8 Å². The van der Waals surface area contributed by atoms with Crippen molar-refractivity contribution in [2.24, 2.45) is 0 Å². The Bertz CT molecular complexity index is 2830. The van der Waals surface area contributed by atoms with Crippen LogP contribution in [0.1, 0.15) is 22.3 Å². The summed E-state index contributed by atoms with van der Waals surface area (Å²) in [6.45, 7) is 0. The summed E-state index contributed by atoms with van der Waals surface area (Å²) in [6.07, 6.45) is 1.81. The molecule has 0 bridgehead atoms. The van der Waals surface area contributed by atoms with E-state index in [1.165, 1.54) is 100 Å². The van der Waals surface area contributed by atoms with E-state index in [1.54, 1.807) is 0 Å². The Morgan fingerprint density at radius 3 is 1.28 bits per heavy atom. The average Bonchev–Trinajstić information content (AvgIpc) is 3.24. The summed E-state index contributed by atoms with van der Waals surface area (Å²) in [7, 11) is 0. The van der Waals surface area contributed by atoms with Crippen molar-refractivity contribution >= 4 is 55.7 Å². The molecule has 0 fully saturated rings. The number of para-hydroxylation sites is 4. The number of anilines is 6. The molecule has 9 aromatic carbocycles. The first-order valence-corrected chi connectivity index (χ1v) is 18.9. The van der Waals surface area contributed by atoms with E-state index in [0.29, 0.717) is 0 Å². The number of nitrogens with zero attached hydrogens (tertiary/aromatic N) is 2. The Hall–Kier alpha value is -6.90. The summed E-state index contributed by atoms with van der Waals surface area (Å²) in [5.41, 5.74) is 17.6. The Balaban J connectivity index is 1.26. The number of rotatable bonds is 4. The first kappa shape index (κ1) is 30.7. The monoisotopic (exact) mass is 688 g/mol. The first-order valence-electron chi connectivity index (χ1n) is 18.9. The van der Waals surface area contributed by atoms with Gasteiger partial charge in [-0.15, -0.1) is 0 Å². The van der Waals surface area contributed by atoms with Crippen LogP contribution in [0.15, 0.2) is 194 Å². The molecule has 0 unspecified atom stereocenters. The number of benzene rings is 9. The van der Waals surface area contributed by atoms with Gasteiger partial charge >= 0.3 is 0 Å². The summed E-state index contributed by atoms with van der Waals surface area (Å²) in [6, 6.07) is 71.6. The second kappa shape index (κ2) is 12.4. The standard InChI is InChI=1S/C52H36N2/c1-4-16-35(17-5-1)51-43-29-28-42(54-48-26-14-10-20-37(48)30-38-21-11-15-27-49(38)54)33-45(43)52(36-18-6-2-7-19-36)44-32-40-31-39-22-12-13-25-47(39)53(50(40)34-46(44)51)41-23-8-3-9-24-41/h1-29,32-34H,30-31H2. The zero-order valence-corrected chi connectivity index (χ0v) is 29.8. The molecule has 2 heteroatoms. The predicted octanol–water partition coefficient (Wildman–Crippen LogP) is 14.1. The fourth-order valence-corrected chi connectivity index (χ4v) is 9.05. The normalized spacial score (nSPS) is 13.0. The average molecular weight is 689 g/mol. The SMILES string of the molecule is c1ccc(-c2c3cc(N4c5ccccc5Cc5ccccc54)ccc3c(-c3ccccc3)c3cc4c(cc23)Cc2ccccc2N4c2ccccc2)cc1. The molecule has 0 N–H and O–H groups in total. The molecule has 9 aromatic rings. The molecular formula is C52H36N2. The Labute approximate surface area is 315 Å². The zero-order chi connectivity index (χ0) is 35.6. The van der Waals surface area contributed by atoms with Gasteiger partial charge in [-0.2, -0.15) is 0 Å². The molecule has 2 aliphatic heterocycles. The Morgan fingerprint density at radius 2 is 0.704 bits per heavy atom. The third kappa shape index (κ3) is 4.81. The fourth-order valence-electron chi connectivity index (χ4n) is 9.05. The van der Waals surface area contributed by atoms with Crippen molar-refractivity contribution in [1.29, 1.82) is 0 Å². The lowest BCUT2D eigenvalue weighted by atomic mass is 9.83. The fraction of sp³-hybridized carbons (Fsp3) is 0.0385. The van der Waals surface area contributed by atoms with Crippen LogP contribution in [-0.4, -0.2) is 0 Å². The highest BCUT2D eigenvalue weighted by molar-refractivity contribution is 6.23. The highest BCUT2D eigenvalue weighted by Crippen LogP contribution is 2.52. The molecule has 0 aliphatic carbocycles. The molecule has 254 valence electrons. The molecule has 2 aliphatic rings. The summed E-state index contributed by atoms with van der Waals surface area (Å²) < 4.78 is 0. The van der Waals surface area contributed by atoms with Gasteiger partial charge in [0, 0.05) is 41.3 Å². The van der Waals surface area contributed by atoms with E-state index in [4.69, 9.17) is 0 Å². The lowest BCUT2D eigenvalue weighted by molar-refractivity contribution is 1.09. The maximum absolute atomic E-state index is 2.50. The van der Waals surface area contributed by atoms with Gasteiger partial charge in [0.1, 0.15) is 0 Å². The lowest BCUT2D eigenvalue weighted by Crippen LogP contribution is -2.18. The Kier molecular flexibility index (Phi) is 7.03. The van der Waals surface area contributed by atoms with Crippen molar-refractivity contribution in [1.82, 2.24) is 0 Å². The van der Waals surface area contributed by atoms with Crippen molar-refractivity contribution in [3.63, 3.8) is 0 Å². The topological polar surface area (TPSA) is 6.48 Å². The van der Waals surface area contributed by atoms with E-state index in [-0.39, 0.29) is 0 Å². The van der Waals surface area contributed by atoms with Crippen LogP contribution in [0.4, 0.5) is 34.1 Å². The molecule has 0 amide bonds. The molecule has 0 radical (unpaired) electrons. The molecule has 11 rings (SSSR count). The van der Waals surface area contributed by atoms with Gasteiger partial charge in [0.25, 0.3) is 0 Å². The molecule has 0 saturated carbocycles. The maximum atomic E-state index is 2.50. The Morgan fingerprint density at radius 1 is 0.278 bits per heavy atom. The third-order valence-corrected chi connectivity index (χ3v) is 11.4. The van der Waals surface area contributed by atoms with Crippen LogP contribution < -0.4 is 9.80 Å². The van der Waals surface area contributed by atoms with Crippen LogP contribution in [0.3, 0.4) is 0 Å². The minimum atomic E-state index is 0.874. The van der Waals surface area contributed by atoms with Gasteiger partial charge in [-0.05, 0) is 121 Å². The van der Waals surface area contributed by atoms with Gasteiger partial charge in [0.15, 0.2) is 0 Å². The summed E-state index contributed by atoms with van der Waals surface area (Å²) in [5, 5.41) is 5.03. The van der Waals surface area contributed by atoms with Crippen molar-refractivity contribution < 1.29 is 0 Å². The molecule has 0 atom stereocenters. The van der Waals surface area contributed by atoms with E-state index in [2.05, 4.69) is 204 Å². The summed E-state index contributed by atoms with van der Waals surface area (Å²) >= 11 is 0. The van der Waals surface area contributed by atoms with Gasteiger partial charge in [-0.25, -0.2) is 0 Å². The quantitative estimate of drug-likeness (QED) is 0.170. The van der Waals surface area contributed by atoms with E-state index >= 15 is 0 Å². The van der Waals surface area contributed by atoms with Crippen molar-refractivity contribution in [2.45, 2.75) is 12.8 Å². The number of hydrogen-bond acceptors (Lipinski definition) is 2. The molecule has 0 spiro atoms. The predicted molar refractivity (Wildman–Crippen MR) is 227 cm³/mol. The van der Waals surface area contributed by atoms with Crippen LogP contribution >= 0.6 is 0 Å². The highest BCUT2D eigenvalue weighted by atomic mass is 15.2. The van der Waals surface area contributed by atoms with E-state index in [1.807, 2.05) is 0 Å². The highest BCUT2D eigenvalue weighted by Gasteiger charge is 2.28. The van der Waals surface area contributed by atoms with Crippen molar-refractivity contribution in [2.75, 3.05) is 9.80 Å². The summed E-state index contributed by atoms with van der Waals surface area (Å²) in [5.74, 6) is 0. The number of fused-ring (bicyclic) bond motifs is 6. The van der Waals surface area contributed by atoms with Crippen LogP contribution in [-0.2, 0) is 12.8 Å². The van der Waals surface area contributed by atoms with Crippen LogP contribution in [0.5, 0.6) is 0 Å². The minimum absolute atomic E-state index is 0.874. The van der Waals surface area contributed by atoms with Gasteiger partial charge in [-0.1, -0.05) is 140 Å². The van der Waals surface area contributed by atoms with E-state index in [0.717, 1.165) is 12.8 Å². The van der Waals surface area contributed by atoms with Gasteiger partial charge in [-0.3, -0.25) is 0 Å². The molecule has 0 saturated heterocycles. The molecular weight excluding hydrogens is 653 g/mol. The molecule has 2 heterocycles. The largest absolute Gasteiger partial charge is 0.310 e. The second-order valence-electron chi connectivity index (χ2n) is 14.5. The van der Waals surface area contributed by atoms with Gasteiger partial charge in [0.05, 0.1) is 5.69 Å². The third-order valence-electron chi connectivity index (χ3n) is 11.4. The van der Waals surface area contributed by atoms with E-state index in [9.17, 15) is 0 Å². The zero-order valence-electron chi connectivity index (χ0n) is 29.8. The lowest BCUT2D eigenvalue weighted by Gasteiger charge is -2.35. The maximum Gasteiger partial charge on any atom is 0.0503 e. The van der Waals surface area contributed by atoms with Crippen LogP contribution in [0, 0.1) is 0 Å². The first-order chi connectivity index (χ1) is 26.8. The molecule has 2 nitrogen and oxygen atoms in total. The molecule has 54 heavy (non-hydrogen) atoms. The summed E-state index contributed by atoms with van der Waals surface area (Å²) in [4.78, 5) is 4.93. The minimum Gasteiger partial charge on any atom is -0.310 e. The van der Waals surface area contributed by atoms with E-state index < -0.39 is 0 Å². The van der Waals surface area contributed by atoms with Crippen molar-refractivity contribution in [3.8, 4) is 22.3 Å². The van der Waals surface area contributed by atoms with Gasteiger partial charge < -0.3 is 9.80 Å². The number of hydrogen-bond donors (Lipinski definition) is 0. The molecule has 0 aromatic heterocycles. The van der Waals surface area contributed by atoms with Crippen molar-refractivity contribution in [3.05, 3.63) is 216 Å². The second-order valence-corrected chi connectivity index (χ2v) is 14.5. The van der Waals surface area contributed by atoms with Crippen LogP contribution in [0.2, 0.25) is 0 Å². The van der Waals surface area contributed by atoms with Gasteiger partial charge in [0.2, 0.25) is 0 Å².